The number of thioether (sulfide) groups is 1. The van der Waals surface area contributed by atoms with Crippen molar-refractivity contribution in [2.45, 2.75) is 35.7 Å². The van der Waals surface area contributed by atoms with Gasteiger partial charge in [0.15, 0.2) is 0 Å². The average Bonchev–Trinajstić information content (AvgIpc) is 2.83. The molecule has 0 spiro atoms. The zero-order chi connectivity index (χ0) is 20.3. The lowest BCUT2D eigenvalue weighted by molar-refractivity contribution is -0.138. The van der Waals surface area contributed by atoms with E-state index in [0.717, 1.165) is 41.1 Å². The first-order chi connectivity index (χ1) is 13.3. The fraction of sp³-hybridized carbons (Fsp3) is 0.316. The number of hydrogen-bond acceptors (Lipinski definition) is 4. The Morgan fingerprint density at radius 3 is 2.43 bits per heavy atom. The maximum absolute atomic E-state index is 13.1. The molecule has 1 aromatic carbocycles. The summed E-state index contributed by atoms with van der Waals surface area (Å²) in [6.07, 6.45) is -1.95. The summed E-state index contributed by atoms with van der Waals surface area (Å²) in [4.78, 5) is 30.4. The van der Waals surface area contributed by atoms with Gasteiger partial charge >= 0.3 is 6.18 Å². The van der Waals surface area contributed by atoms with Crippen molar-refractivity contribution >= 4 is 23.6 Å². The Kier molecular flexibility index (Phi) is 6.02. The molecule has 2 aromatic rings. The lowest BCUT2D eigenvalue weighted by Gasteiger charge is -2.22. The van der Waals surface area contributed by atoms with Crippen molar-refractivity contribution in [3.05, 3.63) is 59.5 Å². The van der Waals surface area contributed by atoms with Gasteiger partial charge < -0.3 is 0 Å². The van der Waals surface area contributed by atoms with E-state index < -0.39 is 34.6 Å². The molecule has 0 N–H and O–H groups in total. The van der Waals surface area contributed by atoms with Crippen molar-refractivity contribution < 1.29 is 27.2 Å². The second kappa shape index (κ2) is 8.30. The van der Waals surface area contributed by atoms with Crippen LogP contribution in [0.25, 0.3) is 0 Å². The Labute approximate surface area is 162 Å². The van der Waals surface area contributed by atoms with Gasteiger partial charge in [0.25, 0.3) is 5.91 Å². The van der Waals surface area contributed by atoms with Gasteiger partial charge in [-0.1, -0.05) is 18.2 Å². The van der Waals surface area contributed by atoms with Crippen LogP contribution >= 0.6 is 11.8 Å². The minimum Gasteiger partial charge on any atom is -0.278 e. The molecule has 0 unspecified atom stereocenters. The first-order valence-corrected chi connectivity index (χ1v) is 9.45. The summed E-state index contributed by atoms with van der Waals surface area (Å²) in [5.74, 6) is -1.42. The van der Waals surface area contributed by atoms with Crippen LogP contribution < -0.4 is 0 Å². The highest BCUT2D eigenvalue weighted by Gasteiger charge is 2.33. The summed E-state index contributed by atoms with van der Waals surface area (Å²) < 4.78 is 51.0. The third kappa shape index (κ3) is 4.70. The molecule has 1 saturated heterocycles. The molecule has 2 heterocycles. The Bertz CT molecular complexity index is 854. The van der Waals surface area contributed by atoms with E-state index in [1.165, 1.54) is 18.2 Å². The van der Waals surface area contributed by atoms with E-state index in [4.69, 9.17) is 0 Å². The summed E-state index contributed by atoms with van der Waals surface area (Å²) in [6, 6.07) is 7.06. The summed E-state index contributed by atoms with van der Waals surface area (Å²) >= 11 is 1.04. The van der Waals surface area contributed by atoms with E-state index in [1.54, 1.807) is 0 Å². The van der Waals surface area contributed by atoms with Crippen LogP contribution in [0.3, 0.4) is 0 Å². The van der Waals surface area contributed by atoms with E-state index in [1.807, 2.05) is 0 Å². The van der Waals surface area contributed by atoms with E-state index in [2.05, 4.69) is 4.98 Å². The number of aromatic nitrogens is 1. The van der Waals surface area contributed by atoms with Crippen LogP contribution in [-0.2, 0) is 11.0 Å². The largest absolute Gasteiger partial charge is 0.417 e. The van der Waals surface area contributed by atoms with E-state index in [0.29, 0.717) is 19.3 Å². The molecule has 1 aliphatic rings. The third-order valence-corrected chi connectivity index (χ3v) is 5.51. The van der Waals surface area contributed by atoms with Crippen molar-refractivity contribution in [1.29, 1.82) is 0 Å². The van der Waals surface area contributed by atoms with Gasteiger partial charge in [-0.2, -0.15) is 13.2 Å². The van der Waals surface area contributed by atoms with Crippen molar-refractivity contribution in [2.24, 2.45) is 0 Å². The average molecular weight is 412 g/mol. The van der Waals surface area contributed by atoms with E-state index in [-0.39, 0.29) is 17.1 Å². The fourth-order valence-electron chi connectivity index (χ4n) is 2.83. The highest BCUT2D eigenvalue weighted by Crippen LogP contribution is 2.32. The van der Waals surface area contributed by atoms with Gasteiger partial charge in [-0.05, 0) is 49.2 Å². The third-order valence-electron chi connectivity index (χ3n) is 4.30. The molecule has 9 heteroatoms. The summed E-state index contributed by atoms with van der Waals surface area (Å²) in [6.45, 7) is 0.243. The van der Waals surface area contributed by atoms with Crippen LogP contribution in [-0.4, -0.2) is 33.5 Å². The molecular formula is C19H16F4N2O2S. The molecule has 0 aliphatic carbocycles. The topological polar surface area (TPSA) is 50.3 Å². The second-order valence-corrected chi connectivity index (χ2v) is 7.51. The maximum Gasteiger partial charge on any atom is 0.417 e. The Hall–Kier alpha value is -2.42. The summed E-state index contributed by atoms with van der Waals surface area (Å²) in [7, 11) is 0. The van der Waals surface area contributed by atoms with Gasteiger partial charge in [-0.3, -0.25) is 14.5 Å². The monoisotopic (exact) mass is 412 g/mol. The number of nitrogens with zero attached hydrogens (tertiary/aromatic N) is 2. The molecule has 0 radical (unpaired) electrons. The van der Waals surface area contributed by atoms with Gasteiger partial charge in [0.2, 0.25) is 5.91 Å². The Morgan fingerprint density at radius 2 is 1.82 bits per heavy atom. The first-order valence-electron chi connectivity index (χ1n) is 8.57. The summed E-state index contributed by atoms with van der Waals surface area (Å²) in [5.41, 5.74) is -0.662. The number of likely N-dealkylation sites (tertiary alicyclic amines) is 1. The quantitative estimate of drug-likeness (QED) is 0.548. The normalized spacial score (nSPS) is 18.1. The summed E-state index contributed by atoms with van der Waals surface area (Å²) in [5, 5.41) is -0.349. The highest BCUT2D eigenvalue weighted by atomic mass is 32.2. The van der Waals surface area contributed by atoms with Crippen LogP contribution in [0.5, 0.6) is 0 Å². The molecule has 0 bridgehead atoms. The fourth-order valence-corrected chi connectivity index (χ4v) is 3.89. The van der Waals surface area contributed by atoms with Crippen molar-refractivity contribution in [3.8, 4) is 0 Å². The predicted octanol–water partition coefficient (Wildman–Crippen LogP) is 4.55. The molecule has 0 saturated carbocycles. The highest BCUT2D eigenvalue weighted by molar-refractivity contribution is 8.00. The van der Waals surface area contributed by atoms with Crippen LogP contribution in [0.15, 0.2) is 47.6 Å². The smallest absolute Gasteiger partial charge is 0.278 e. The van der Waals surface area contributed by atoms with E-state index in [9.17, 15) is 27.2 Å². The van der Waals surface area contributed by atoms with Gasteiger partial charge in [0, 0.05) is 18.3 Å². The molecule has 1 atom stereocenters. The first kappa shape index (κ1) is 20.3. The lowest BCUT2D eigenvalue weighted by atomic mass is 10.2. The van der Waals surface area contributed by atoms with Crippen molar-refractivity contribution in [2.75, 3.05) is 6.54 Å². The zero-order valence-electron chi connectivity index (χ0n) is 14.6. The Morgan fingerprint density at radius 1 is 1.11 bits per heavy atom. The standard InChI is InChI=1S/C19H16F4N2O2S/c20-14-7-4-12(5-8-14)17(26)25-10-2-1-3-15(18(25)27)28-16-9-6-13(11-24-16)19(21,22)23/h4-9,11,15H,1-3,10H2/t15-/m1/s1. The van der Waals surface area contributed by atoms with E-state index >= 15 is 0 Å². The number of hydrogen-bond donors (Lipinski definition) is 0. The van der Waals surface area contributed by atoms with Gasteiger partial charge in [0.05, 0.1) is 15.8 Å². The SMILES string of the molecule is O=C(c1ccc(F)cc1)N1CCCC[C@@H](Sc2ccc(C(F)(F)F)cn2)C1=O. The van der Waals surface area contributed by atoms with Gasteiger partial charge in [0.1, 0.15) is 5.82 Å². The molecule has 3 rings (SSSR count). The number of benzene rings is 1. The van der Waals surface area contributed by atoms with Crippen molar-refractivity contribution in [3.63, 3.8) is 0 Å². The molecule has 1 aliphatic heterocycles. The lowest BCUT2D eigenvalue weighted by Crippen LogP contribution is -2.41. The van der Waals surface area contributed by atoms with Crippen LogP contribution in [0.4, 0.5) is 17.6 Å². The molecule has 1 fully saturated rings. The van der Waals surface area contributed by atoms with Gasteiger partial charge in [-0.15, -0.1) is 0 Å². The van der Waals surface area contributed by atoms with Crippen LogP contribution in [0.1, 0.15) is 35.2 Å². The number of amides is 2. The number of alkyl halides is 3. The number of halogens is 4. The molecule has 148 valence electrons. The zero-order valence-corrected chi connectivity index (χ0v) is 15.4. The van der Waals surface area contributed by atoms with Crippen LogP contribution in [0, 0.1) is 5.82 Å². The minimum absolute atomic E-state index is 0.202. The molecule has 1 aromatic heterocycles. The van der Waals surface area contributed by atoms with Crippen LogP contribution in [0.2, 0.25) is 0 Å². The number of pyridine rings is 1. The molecule has 4 nitrogen and oxygen atoms in total. The molecule has 2 amide bonds. The molecular weight excluding hydrogens is 396 g/mol. The van der Waals surface area contributed by atoms with Gasteiger partial charge in [-0.25, -0.2) is 9.37 Å². The van der Waals surface area contributed by atoms with Crippen molar-refractivity contribution in [1.82, 2.24) is 9.88 Å². The number of carbonyl (C=O) groups excluding carboxylic acids is 2. The Balaban J connectivity index is 1.75. The second-order valence-electron chi connectivity index (χ2n) is 6.29. The number of rotatable bonds is 3. The maximum atomic E-state index is 13.1. The predicted molar refractivity (Wildman–Crippen MR) is 95.2 cm³/mol. The molecule has 28 heavy (non-hydrogen) atoms. The number of carbonyl (C=O) groups is 2. The number of imide groups is 1. The minimum atomic E-state index is -4.48.